The normalized spacial score (nSPS) is 12.1. The summed E-state index contributed by atoms with van der Waals surface area (Å²) in [5.41, 5.74) is 2.65. The summed E-state index contributed by atoms with van der Waals surface area (Å²) in [6.45, 7) is 6.90. The molecule has 1 nitrogen and oxygen atoms in total. The van der Waals surface area contributed by atoms with E-state index in [9.17, 15) is 0 Å². The Morgan fingerprint density at radius 1 is 1.38 bits per heavy atom. The van der Waals surface area contributed by atoms with Crippen molar-refractivity contribution in [3.8, 4) is 5.75 Å². The molecule has 1 aromatic carbocycles. The lowest BCUT2D eigenvalue weighted by Crippen LogP contribution is -1.93. The Morgan fingerprint density at radius 3 is 2.88 bits per heavy atom. The molecule has 0 atom stereocenters. The highest BCUT2D eigenvalue weighted by molar-refractivity contribution is 5.31. The fraction of sp³-hybridized carbons (Fsp3) is 0.333. The maximum Gasteiger partial charge on any atom is 0.119 e. The Hall–Kier alpha value is -1.50. The molecule has 0 heterocycles. The van der Waals surface area contributed by atoms with Crippen molar-refractivity contribution in [2.75, 3.05) is 6.61 Å². The maximum atomic E-state index is 5.48. The van der Waals surface area contributed by atoms with Crippen LogP contribution in [0.1, 0.15) is 26.3 Å². The molecule has 0 bridgehead atoms. The number of hydrogen-bond acceptors (Lipinski definition) is 1. The molecule has 0 saturated carbocycles. The van der Waals surface area contributed by atoms with Gasteiger partial charge < -0.3 is 4.74 Å². The lowest BCUT2D eigenvalue weighted by atomic mass is 10.1. The lowest BCUT2D eigenvalue weighted by molar-refractivity contribution is 0.340. The van der Waals surface area contributed by atoms with Gasteiger partial charge >= 0.3 is 0 Å². The summed E-state index contributed by atoms with van der Waals surface area (Å²) >= 11 is 0. The third-order valence-corrected chi connectivity index (χ3v) is 2.27. The van der Waals surface area contributed by atoms with Crippen LogP contribution in [0.15, 0.2) is 48.1 Å². The molecule has 16 heavy (non-hydrogen) atoms. The van der Waals surface area contributed by atoms with Gasteiger partial charge in [0.25, 0.3) is 0 Å². The average molecular weight is 216 g/mol. The van der Waals surface area contributed by atoms with Crippen LogP contribution < -0.4 is 4.74 Å². The SMILES string of the molecule is C/C=C\C=C(/C)Cc1cccc(OCC)c1. The highest BCUT2D eigenvalue weighted by Crippen LogP contribution is 2.16. The van der Waals surface area contributed by atoms with Crippen molar-refractivity contribution in [3.05, 3.63) is 53.6 Å². The monoisotopic (exact) mass is 216 g/mol. The smallest absolute Gasteiger partial charge is 0.119 e. The summed E-state index contributed by atoms with van der Waals surface area (Å²) in [7, 11) is 0. The molecule has 0 aliphatic carbocycles. The number of hydrogen-bond donors (Lipinski definition) is 0. The fourth-order valence-corrected chi connectivity index (χ4v) is 1.55. The molecule has 0 saturated heterocycles. The molecule has 0 aromatic heterocycles. The standard InChI is InChI=1S/C15H20O/c1-4-6-8-13(3)11-14-9-7-10-15(12-14)16-5-2/h4,6-10,12H,5,11H2,1-3H3/b6-4-,13-8+. The van der Waals surface area contributed by atoms with E-state index in [2.05, 4.69) is 31.2 Å². The Bertz CT molecular complexity index is 375. The molecule has 1 aromatic rings. The van der Waals surface area contributed by atoms with Crippen molar-refractivity contribution in [2.45, 2.75) is 27.2 Å². The minimum absolute atomic E-state index is 0.719. The molecule has 0 aliphatic rings. The first-order chi connectivity index (χ1) is 7.76. The lowest BCUT2D eigenvalue weighted by Gasteiger charge is -2.06. The van der Waals surface area contributed by atoms with Gasteiger partial charge in [0, 0.05) is 0 Å². The van der Waals surface area contributed by atoms with E-state index < -0.39 is 0 Å². The van der Waals surface area contributed by atoms with Crippen LogP contribution in [0.5, 0.6) is 5.75 Å². The second kappa shape index (κ2) is 6.89. The second-order valence-electron chi connectivity index (χ2n) is 3.80. The van der Waals surface area contributed by atoms with Crippen LogP contribution in [0, 0.1) is 0 Å². The minimum Gasteiger partial charge on any atom is -0.494 e. The highest BCUT2D eigenvalue weighted by Gasteiger charge is 1.97. The molecular formula is C15H20O. The molecule has 0 radical (unpaired) electrons. The summed E-state index contributed by atoms with van der Waals surface area (Å²) in [6.07, 6.45) is 7.24. The van der Waals surface area contributed by atoms with Crippen molar-refractivity contribution in [1.29, 1.82) is 0 Å². The Balaban J connectivity index is 2.69. The molecule has 1 heteroatoms. The zero-order valence-electron chi connectivity index (χ0n) is 10.4. The van der Waals surface area contributed by atoms with E-state index in [-0.39, 0.29) is 0 Å². The van der Waals surface area contributed by atoms with Crippen LogP contribution in [0.25, 0.3) is 0 Å². The Labute approximate surface area is 98.5 Å². The number of rotatable bonds is 5. The van der Waals surface area contributed by atoms with Crippen LogP contribution in [0.3, 0.4) is 0 Å². The molecule has 0 N–H and O–H groups in total. The number of allylic oxidation sites excluding steroid dienone is 4. The topological polar surface area (TPSA) is 9.23 Å². The van der Waals surface area contributed by atoms with Crippen LogP contribution in [0.2, 0.25) is 0 Å². The van der Waals surface area contributed by atoms with Crippen molar-refractivity contribution >= 4 is 0 Å². The summed E-state index contributed by atoms with van der Waals surface area (Å²) in [5.74, 6) is 0.957. The largest absolute Gasteiger partial charge is 0.494 e. The number of benzene rings is 1. The third-order valence-electron chi connectivity index (χ3n) is 2.27. The molecule has 86 valence electrons. The molecule has 0 amide bonds. The van der Waals surface area contributed by atoms with Gasteiger partial charge in [0.2, 0.25) is 0 Å². The van der Waals surface area contributed by atoms with Crippen molar-refractivity contribution in [3.63, 3.8) is 0 Å². The molecular weight excluding hydrogens is 196 g/mol. The summed E-state index contributed by atoms with van der Waals surface area (Å²) < 4.78 is 5.48. The third kappa shape index (κ3) is 4.35. The van der Waals surface area contributed by atoms with Gasteiger partial charge in [-0.25, -0.2) is 0 Å². The predicted octanol–water partition coefficient (Wildman–Crippen LogP) is 4.15. The summed E-state index contributed by atoms with van der Waals surface area (Å²) in [4.78, 5) is 0. The quantitative estimate of drug-likeness (QED) is 0.672. The van der Waals surface area contributed by atoms with E-state index in [0.29, 0.717) is 0 Å². The van der Waals surface area contributed by atoms with Crippen molar-refractivity contribution in [1.82, 2.24) is 0 Å². The summed E-state index contributed by atoms with van der Waals surface area (Å²) in [6, 6.07) is 8.28. The maximum absolute atomic E-state index is 5.48. The predicted molar refractivity (Wildman–Crippen MR) is 69.9 cm³/mol. The van der Waals surface area contributed by atoms with Gasteiger partial charge in [0.05, 0.1) is 6.61 Å². The van der Waals surface area contributed by atoms with Gasteiger partial charge in [-0.1, -0.05) is 35.9 Å². The first kappa shape index (κ1) is 12.6. The van der Waals surface area contributed by atoms with Crippen molar-refractivity contribution < 1.29 is 4.74 Å². The molecule has 0 spiro atoms. The Kier molecular flexibility index (Phi) is 5.41. The van der Waals surface area contributed by atoms with Gasteiger partial charge in [-0.2, -0.15) is 0 Å². The zero-order valence-corrected chi connectivity index (χ0v) is 10.4. The molecule has 0 fully saturated rings. The first-order valence-corrected chi connectivity index (χ1v) is 5.76. The van der Waals surface area contributed by atoms with E-state index in [0.717, 1.165) is 18.8 Å². The van der Waals surface area contributed by atoms with Crippen LogP contribution in [-0.4, -0.2) is 6.61 Å². The van der Waals surface area contributed by atoms with Gasteiger partial charge in [-0.05, 0) is 44.9 Å². The van der Waals surface area contributed by atoms with Gasteiger partial charge in [0.1, 0.15) is 5.75 Å². The number of ether oxygens (including phenoxy) is 1. The first-order valence-electron chi connectivity index (χ1n) is 5.76. The molecule has 0 unspecified atom stereocenters. The fourth-order valence-electron chi connectivity index (χ4n) is 1.55. The van der Waals surface area contributed by atoms with E-state index in [4.69, 9.17) is 4.74 Å². The van der Waals surface area contributed by atoms with Gasteiger partial charge in [-0.3, -0.25) is 0 Å². The van der Waals surface area contributed by atoms with Gasteiger partial charge in [0.15, 0.2) is 0 Å². The minimum atomic E-state index is 0.719. The zero-order chi connectivity index (χ0) is 11.8. The highest BCUT2D eigenvalue weighted by atomic mass is 16.5. The van der Waals surface area contributed by atoms with E-state index >= 15 is 0 Å². The Morgan fingerprint density at radius 2 is 2.19 bits per heavy atom. The summed E-state index contributed by atoms with van der Waals surface area (Å²) in [5, 5.41) is 0. The van der Waals surface area contributed by atoms with E-state index in [1.807, 2.05) is 32.1 Å². The van der Waals surface area contributed by atoms with E-state index in [1.165, 1.54) is 11.1 Å². The second-order valence-corrected chi connectivity index (χ2v) is 3.80. The average Bonchev–Trinajstić information content (AvgIpc) is 2.27. The van der Waals surface area contributed by atoms with Crippen LogP contribution in [0.4, 0.5) is 0 Å². The van der Waals surface area contributed by atoms with Crippen LogP contribution in [-0.2, 0) is 6.42 Å². The van der Waals surface area contributed by atoms with E-state index in [1.54, 1.807) is 0 Å². The van der Waals surface area contributed by atoms with Crippen LogP contribution >= 0.6 is 0 Å². The van der Waals surface area contributed by atoms with Gasteiger partial charge in [-0.15, -0.1) is 0 Å². The van der Waals surface area contributed by atoms with Crippen molar-refractivity contribution in [2.24, 2.45) is 0 Å². The molecule has 0 aliphatic heterocycles. The molecule has 1 rings (SSSR count).